The number of carbonyl (C=O) groups excluding carboxylic acids is 1. The number of nitriles is 1. The standard InChI is InChI=1S/C20H15N7O/c1-10-2-7-14-13(9-24-27-14)15(10)17-16(22)18(19(23)28)26-20(25-17)12-5-3-11(8-21)4-6-12/h2-7,9H,22H2,1H3,(H2,23,28)(H,24,27). The van der Waals surface area contributed by atoms with Crippen molar-refractivity contribution in [3.8, 4) is 28.7 Å². The van der Waals surface area contributed by atoms with Gasteiger partial charge in [0.2, 0.25) is 0 Å². The normalized spacial score (nSPS) is 10.7. The first-order chi connectivity index (χ1) is 13.5. The summed E-state index contributed by atoms with van der Waals surface area (Å²) in [4.78, 5) is 20.9. The highest BCUT2D eigenvalue weighted by atomic mass is 16.1. The Morgan fingerprint density at radius 2 is 1.89 bits per heavy atom. The molecule has 2 heterocycles. The third-order valence-corrected chi connectivity index (χ3v) is 4.52. The van der Waals surface area contributed by atoms with Crippen LogP contribution < -0.4 is 11.5 Å². The van der Waals surface area contributed by atoms with E-state index in [0.717, 1.165) is 22.0 Å². The van der Waals surface area contributed by atoms with Gasteiger partial charge in [0.1, 0.15) is 0 Å². The number of rotatable bonds is 3. The second-order valence-electron chi connectivity index (χ2n) is 6.30. The highest BCUT2D eigenvalue weighted by molar-refractivity contribution is 6.04. The van der Waals surface area contributed by atoms with E-state index in [4.69, 9.17) is 16.7 Å². The fourth-order valence-electron chi connectivity index (χ4n) is 3.11. The number of nitrogens with one attached hydrogen (secondary N) is 1. The van der Waals surface area contributed by atoms with Crippen molar-refractivity contribution >= 4 is 22.5 Å². The zero-order chi connectivity index (χ0) is 19.8. The van der Waals surface area contributed by atoms with Crippen LogP contribution in [0.2, 0.25) is 0 Å². The fraction of sp³-hybridized carbons (Fsp3) is 0.0500. The molecule has 136 valence electrons. The van der Waals surface area contributed by atoms with Gasteiger partial charge in [0.05, 0.1) is 34.7 Å². The molecule has 0 atom stereocenters. The van der Waals surface area contributed by atoms with Crippen LogP contribution >= 0.6 is 0 Å². The van der Waals surface area contributed by atoms with Gasteiger partial charge in [0.15, 0.2) is 11.5 Å². The molecule has 0 aliphatic rings. The Hall–Kier alpha value is -4.25. The number of amides is 1. The summed E-state index contributed by atoms with van der Waals surface area (Å²) in [5.74, 6) is -0.449. The molecular formula is C20H15N7O. The lowest BCUT2D eigenvalue weighted by molar-refractivity contribution is 0.0996. The minimum Gasteiger partial charge on any atom is -0.395 e. The second-order valence-corrected chi connectivity index (χ2v) is 6.30. The smallest absolute Gasteiger partial charge is 0.269 e. The Balaban J connectivity index is 2.02. The lowest BCUT2D eigenvalue weighted by atomic mass is 9.99. The highest BCUT2D eigenvalue weighted by Crippen LogP contribution is 2.35. The molecule has 0 spiro atoms. The van der Waals surface area contributed by atoms with Gasteiger partial charge in [-0.3, -0.25) is 9.89 Å². The number of hydrogen-bond acceptors (Lipinski definition) is 6. The largest absolute Gasteiger partial charge is 0.395 e. The third-order valence-electron chi connectivity index (χ3n) is 4.52. The number of nitrogen functional groups attached to an aromatic ring is 1. The van der Waals surface area contributed by atoms with Crippen molar-refractivity contribution in [2.45, 2.75) is 6.92 Å². The number of aromatic nitrogens is 4. The zero-order valence-electron chi connectivity index (χ0n) is 14.9. The van der Waals surface area contributed by atoms with E-state index in [-0.39, 0.29) is 11.4 Å². The molecule has 0 aliphatic carbocycles. The van der Waals surface area contributed by atoms with E-state index in [1.165, 1.54) is 0 Å². The van der Waals surface area contributed by atoms with Gasteiger partial charge in [-0.1, -0.05) is 6.07 Å². The number of nitrogens with two attached hydrogens (primary N) is 2. The first-order valence-electron chi connectivity index (χ1n) is 8.40. The van der Waals surface area contributed by atoms with Gasteiger partial charge < -0.3 is 11.5 Å². The minimum atomic E-state index is -0.743. The predicted molar refractivity (Wildman–Crippen MR) is 105 cm³/mol. The van der Waals surface area contributed by atoms with E-state index in [1.54, 1.807) is 30.5 Å². The number of hydrogen-bond donors (Lipinski definition) is 3. The van der Waals surface area contributed by atoms with Crippen molar-refractivity contribution in [2.75, 3.05) is 5.73 Å². The average molecular weight is 369 g/mol. The van der Waals surface area contributed by atoms with Gasteiger partial charge >= 0.3 is 0 Å². The number of H-pyrrole nitrogens is 1. The molecule has 0 saturated carbocycles. The first-order valence-corrected chi connectivity index (χ1v) is 8.40. The number of aryl methyl sites for hydroxylation is 1. The fourth-order valence-corrected chi connectivity index (χ4v) is 3.11. The summed E-state index contributed by atoms with van der Waals surface area (Å²) in [5, 5.41) is 16.8. The van der Waals surface area contributed by atoms with E-state index in [2.05, 4.69) is 26.2 Å². The number of carbonyl (C=O) groups is 1. The summed E-state index contributed by atoms with van der Waals surface area (Å²) in [7, 11) is 0. The molecule has 0 radical (unpaired) electrons. The Bertz CT molecular complexity index is 1270. The van der Waals surface area contributed by atoms with Crippen LogP contribution in [0.25, 0.3) is 33.5 Å². The summed E-state index contributed by atoms with van der Waals surface area (Å²) in [6.07, 6.45) is 1.69. The molecule has 1 amide bonds. The Morgan fingerprint density at radius 3 is 2.57 bits per heavy atom. The summed E-state index contributed by atoms with van der Waals surface area (Å²) < 4.78 is 0. The third kappa shape index (κ3) is 2.71. The predicted octanol–water partition coefficient (Wildman–Crippen LogP) is 2.55. The van der Waals surface area contributed by atoms with E-state index in [0.29, 0.717) is 22.6 Å². The van der Waals surface area contributed by atoms with Crippen molar-refractivity contribution in [3.05, 3.63) is 59.4 Å². The van der Waals surface area contributed by atoms with Crippen LogP contribution in [0.15, 0.2) is 42.6 Å². The monoisotopic (exact) mass is 369 g/mol. The molecule has 2 aromatic carbocycles. The number of anilines is 1. The number of aromatic amines is 1. The van der Waals surface area contributed by atoms with Gasteiger partial charge in [0.25, 0.3) is 5.91 Å². The molecule has 0 aliphatic heterocycles. The molecule has 8 heteroatoms. The Labute approximate surface area is 159 Å². The van der Waals surface area contributed by atoms with Gasteiger partial charge in [-0.25, -0.2) is 9.97 Å². The van der Waals surface area contributed by atoms with Crippen LogP contribution in [0, 0.1) is 18.3 Å². The lowest BCUT2D eigenvalue weighted by Crippen LogP contribution is -2.18. The summed E-state index contributed by atoms with van der Waals surface area (Å²) in [6.45, 7) is 1.93. The quantitative estimate of drug-likeness (QED) is 0.505. The molecule has 4 aromatic rings. The van der Waals surface area contributed by atoms with E-state index >= 15 is 0 Å². The summed E-state index contributed by atoms with van der Waals surface area (Å²) >= 11 is 0. The van der Waals surface area contributed by atoms with E-state index in [1.807, 2.05) is 19.1 Å². The Kier molecular flexibility index (Phi) is 3.98. The summed E-state index contributed by atoms with van der Waals surface area (Å²) in [6, 6.07) is 12.6. The maximum atomic E-state index is 12.0. The van der Waals surface area contributed by atoms with Crippen LogP contribution in [-0.2, 0) is 0 Å². The molecule has 0 fully saturated rings. The number of benzene rings is 2. The molecule has 0 unspecified atom stereocenters. The number of primary amides is 1. The van der Waals surface area contributed by atoms with Gasteiger partial charge in [-0.2, -0.15) is 10.4 Å². The molecule has 5 N–H and O–H groups in total. The topological polar surface area (TPSA) is 147 Å². The van der Waals surface area contributed by atoms with Crippen molar-refractivity contribution in [1.29, 1.82) is 5.26 Å². The zero-order valence-corrected chi connectivity index (χ0v) is 14.9. The summed E-state index contributed by atoms with van der Waals surface area (Å²) in [5.41, 5.74) is 15.9. The molecule has 28 heavy (non-hydrogen) atoms. The SMILES string of the molecule is Cc1ccc2[nH]ncc2c1-c1nc(-c2ccc(C#N)cc2)nc(C(N)=O)c1N. The van der Waals surface area contributed by atoms with Gasteiger partial charge in [-0.15, -0.1) is 0 Å². The van der Waals surface area contributed by atoms with Crippen LogP contribution in [0.4, 0.5) is 5.69 Å². The van der Waals surface area contributed by atoms with Crippen molar-refractivity contribution in [3.63, 3.8) is 0 Å². The molecule has 4 rings (SSSR count). The van der Waals surface area contributed by atoms with Gasteiger partial charge in [-0.05, 0) is 42.8 Å². The molecule has 0 saturated heterocycles. The highest BCUT2D eigenvalue weighted by Gasteiger charge is 2.21. The maximum Gasteiger partial charge on any atom is 0.269 e. The van der Waals surface area contributed by atoms with E-state index in [9.17, 15) is 4.79 Å². The van der Waals surface area contributed by atoms with Crippen molar-refractivity contribution in [2.24, 2.45) is 5.73 Å². The molecule has 0 bridgehead atoms. The van der Waals surface area contributed by atoms with Gasteiger partial charge in [0, 0.05) is 16.5 Å². The van der Waals surface area contributed by atoms with Crippen LogP contribution in [-0.4, -0.2) is 26.1 Å². The van der Waals surface area contributed by atoms with Crippen molar-refractivity contribution < 1.29 is 4.79 Å². The van der Waals surface area contributed by atoms with E-state index < -0.39 is 5.91 Å². The first kappa shape index (κ1) is 17.2. The molecule has 8 nitrogen and oxygen atoms in total. The molecular weight excluding hydrogens is 354 g/mol. The van der Waals surface area contributed by atoms with Crippen LogP contribution in [0.5, 0.6) is 0 Å². The average Bonchev–Trinajstić information content (AvgIpc) is 3.17. The second kappa shape index (κ2) is 6.48. The molecule has 2 aromatic heterocycles. The minimum absolute atomic E-state index is 0.0516. The van der Waals surface area contributed by atoms with Crippen molar-refractivity contribution in [1.82, 2.24) is 20.2 Å². The number of fused-ring (bicyclic) bond motifs is 1. The lowest BCUT2D eigenvalue weighted by Gasteiger charge is -2.13. The Morgan fingerprint density at radius 1 is 1.14 bits per heavy atom. The van der Waals surface area contributed by atoms with Crippen LogP contribution in [0.3, 0.4) is 0 Å². The number of nitrogens with zero attached hydrogens (tertiary/aromatic N) is 4. The maximum absolute atomic E-state index is 12.0. The van der Waals surface area contributed by atoms with Crippen LogP contribution in [0.1, 0.15) is 21.6 Å².